The molecule has 1 N–H and O–H groups in total. The molecule has 0 bridgehead atoms. The van der Waals surface area contributed by atoms with Crippen molar-refractivity contribution in [2.75, 3.05) is 0 Å². The lowest BCUT2D eigenvalue weighted by atomic mass is 10.1. The minimum absolute atomic E-state index is 0.0144. The molecule has 0 radical (unpaired) electrons. The molecule has 1 saturated heterocycles. The molecule has 1 aliphatic rings. The van der Waals surface area contributed by atoms with Gasteiger partial charge >= 0.3 is 0 Å². The van der Waals surface area contributed by atoms with E-state index in [1.165, 1.54) is 17.2 Å². The molecule has 2 heterocycles. The highest BCUT2D eigenvalue weighted by atomic mass is 32.1. The van der Waals surface area contributed by atoms with Crippen LogP contribution >= 0.6 is 12.2 Å². The zero-order chi connectivity index (χ0) is 15.7. The SMILES string of the molecule is O=C1C(=Cc2c(F)cccc2F)NC(=S)N1Cc1ccco1. The Balaban J connectivity index is 1.89. The first-order chi connectivity index (χ1) is 10.6. The zero-order valence-corrected chi connectivity index (χ0v) is 12.0. The molecule has 0 aliphatic carbocycles. The van der Waals surface area contributed by atoms with E-state index in [0.717, 1.165) is 18.2 Å². The lowest BCUT2D eigenvalue weighted by Gasteiger charge is -2.11. The predicted molar refractivity (Wildman–Crippen MR) is 79.3 cm³/mol. The molecule has 1 aromatic heterocycles. The van der Waals surface area contributed by atoms with E-state index < -0.39 is 17.5 Å². The summed E-state index contributed by atoms with van der Waals surface area (Å²) in [6.45, 7) is 0.148. The predicted octanol–water partition coefficient (Wildman–Crippen LogP) is 2.82. The molecule has 7 heteroatoms. The molecular formula is C15H10F2N2O2S. The summed E-state index contributed by atoms with van der Waals surface area (Å²) in [5.41, 5.74) is -0.276. The highest BCUT2D eigenvalue weighted by Crippen LogP contribution is 2.20. The Morgan fingerprint density at radius 2 is 1.95 bits per heavy atom. The van der Waals surface area contributed by atoms with Gasteiger partial charge < -0.3 is 9.73 Å². The lowest BCUT2D eigenvalue weighted by Crippen LogP contribution is -2.29. The van der Waals surface area contributed by atoms with Crippen molar-refractivity contribution >= 4 is 29.3 Å². The van der Waals surface area contributed by atoms with Gasteiger partial charge in [0, 0.05) is 5.56 Å². The summed E-state index contributed by atoms with van der Waals surface area (Å²) < 4.78 is 32.5. The number of thiocarbonyl (C=S) groups is 1. The standard InChI is InChI=1S/C15H10F2N2O2S/c16-11-4-1-5-12(17)10(11)7-13-14(20)19(15(22)18-13)8-9-3-2-6-21-9/h1-7H,8H2,(H,18,22). The smallest absolute Gasteiger partial charge is 0.276 e. The van der Waals surface area contributed by atoms with Gasteiger partial charge in [-0.2, -0.15) is 0 Å². The topological polar surface area (TPSA) is 45.5 Å². The minimum Gasteiger partial charge on any atom is -0.467 e. The molecule has 0 unspecified atom stereocenters. The van der Waals surface area contributed by atoms with Crippen molar-refractivity contribution in [1.82, 2.24) is 10.2 Å². The number of carbonyl (C=O) groups excluding carboxylic acids is 1. The van der Waals surface area contributed by atoms with E-state index in [2.05, 4.69) is 5.32 Å². The first-order valence-electron chi connectivity index (χ1n) is 6.37. The van der Waals surface area contributed by atoms with Crippen molar-refractivity contribution in [3.05, 3.63) is 65.3 Å². The number of rotatable bonds is 3. The molecule has 1 aliphatic heterocycles. The fourth-order valence-corrected chi connectivity index (χ4v) is 2.32. The molecule has 1 fully saturated rings. The third-order valence-electron chi connectivity index (χ3n) is 3.14. The second kappa shape index (κ2) is 5.69. The van der Waals surface area contributed by atoms with Gasteiger partial charge in [-0.15, -0.1) is 0 Å². The van der Waals surface area contributed by atoms with E-state index in [9.17, 15) is 13.6 Å². The summed E-state index contributed by atoms with van der Waals surface area (Å²) in [4.78, 5) is 13.6. The second-order valence-corrected chi connectivity index (χ2v) is 4.98. The average molecular weight is 320 g/mol. The molecule has 0 spiro atoms. The molecule has 0 atom stereocenters. The van der Waals surface area contributed by atoms with Crippen molar-refractivity contribution in [3.63, 3.8) is 0 Å². The molecule has 112 valence electrons. The van der Waals surface area contributed by atoms with E-state index in [1.807, 2.05) is 0 Å². The maximum absolute atomic E-state index is 13.6. The summed E-state index contributed by atoms with van der Waals surface area (Å²) in [5, 5.41) is 2.82. The maximum Gasteiger partial charge on any atom is 0.276 e. The molecule has 2 aromatic rings. The van der Waals surface area contributed by atoms with Crippen LogP contribution in [0.3, 0.4) is 0 Å². The highest BCUT2D eigenvalue weighted by Gasteiger charge is 2.31. The largest absolute Gasteiger partial charge is 0.467 e. The average Bonchev–Trinajstić information content (AvgIpc) is 3.07. The summed E-state index contributed by atoms with van der Waals surface area (Å²) in [7, 11) is 0. The monoisotopic (exact) mass is 320 g/mol. The van der Waals surface area contributed by atoms with Crippen molar-refractivity contribution in [1.29, 1.82) is 0 Å². The quantitative estimate of drug-likeness (QED) is 0.698. The second-order valence-electron chi connectivity index (χ2n) is 4.59. The molecular weight excluding hydrogens is 310 g/mol. The van der Waals surface area contributed by atoms with Crippen molar-refractivity contribution < 1.29 is 18.0 Å². The summed E-state index contributed by atoms with van der Waals surface area (Å²) in [5.74, 6) is -1.42. The molecule has 1 aromatic carbocycles. The Hall–Kier alpha value is -2.54. The van der Waals surface area contributed by atoms with Gasteiger partial charge in [0.1, 0.15) is 23.1 Å². The molecule has 1 amide bonds. The van der Waals surface area contributed by atoms with Gasteiger partial charge in [0.15, 0.2) is 5.11 Å². The van der Waals surface area contributed by atoms with E-state index in [0.29, 0.717) is 5.76 Å². The van der Waals surface area contributed by atoms with Crippen molar-refractivity contribution in [2.24, 2.45) is 0 Å². The van der Waals surface area contributed by atoms with E-state index in [1.54, 1.807) is 12.1 Å². The number of carbonyl (C=O) groups is 1. The van der Waals surface area contributed by atoms with Gasteiger partial charge in [-0.1, -0.05) is 6.07 Å². The van der Waals surface area contributed by atoms with Gasteiger partial charge in [0.05, 0.1) is 12.8 Å². The normalized spacial score (nSPS) is 16.5. The van der Waals surface area contributed by atoms with Crippen LogP contribution in [0.1, 0.15) is 11.3 Å². The Morgan fingerprint density at radius 1 is 1.23 bits per heavy atom. The van der Waals surface area contributed by atoms with Gasteiger partial charge in [-0.25, -0.2) is 8.78 Å². The lowest BCUT2D eigenvalue weighted by molar-refractivity contribution is -0.122. The highest BCUT2D eigenvalue weighted by molar-refractivity contribution is 7.80. The Kier molecular flexibility index (Phi) is 3.72. The van der Waals surface area contributed by atoms with Crippen molar-refractivity contribution in [2.45, 2.75) is 6.54 Å². The van der Waals surface area contributed by atoms with E-state index in [4.69, 9.17) is 16.6 Å². The summed E-state index contributed by atoms with van der Waals surface area (Å²) >= 11 is 5.07. The fourth-order valence-electron chi connectivity index (χ4n) is 2.07. The number of nitrogens with zero attached hydrogens (tertiary/aromatic N) is 1. The van der Waals surface area contributed by atoms with E-state index >= 15 is 0 Å². The van der Waals surface area contributed by atoms with Crippen LogP contribution in [0.25, 0.3) is 6.08 Å². The molecule has 22 heavy (non-hydrogen) atoms. The third-order valence-corrected chi connectivity index (χ3v) is 3.47. The number of benzene rings is 1. The third kappa shape index (κ3) is 2.62. The number of nitrogens with one attached hydrogen (secondary N) is 1. The van der Waals surface area contributed by atoms with Crippen molar-refractivity contribution in [3.8, 4) is 0 Å². The van der Waals surface area contributed by atoms with Crippen LogP contribution in [0.15, 0.2) is 46.7 Å². The first kappa shape index (κ1) is 14.4. The van der Waals surface area contributed by atoms with Crippen LogP contribution in [0.4, 0.5) is 8.78 Å². The number of halogens is 2. The number of hydrogen-bond donors (Lipinski definition) is 1. The molecule has 0 saturated carbocycles. The molecule has 3 rings (SSSR count). The van der Waals surface area contributed by atoms with Crippen LogP contribution in [0.2, 0.25) is 0 Å². The Morgan fingerprint density at radius 3 is 2.59 bits per heavy atom. The Bertz CT molecular complexity index is 752. The van der Waals surface area contributed by atoms with E-state index in [-0.39, 0.29) is 22.9 Å². The number of hydrogen-bond acceptors (Lipinski definition) is 3. The van der Waals surface area contributed by atoms with Crippen LogP contribution in [0.5, 0.6) is 0 Å². The van der Waals surface area contributed by atoms with Crippen LogP contribution in [-0.2, 0) is 11.3 Å². The van der Waals surface area contributed by atoms with Gasteiger partial charge in [-0.3, -0.25) is 9.69 Å². The minimum atomic E-state index is -0.752. The van der Waals surface area contributed by atoms with Crippen LogP contribution in [0, 0.1) is 11.6 Å². The first-order valence-corrected chi connectivity index (χ1v) is 6.78. The van der Waals surface area contributed by atoms with Gasteiger partial charge in [0.2, 0.25) is 0 Å². The fraction of sp³-hybridized carbons (Fsp3) is 0.0667. The van der Waals surface area contributed by atoms with Crippen LogP contribution < -0.4 is 5.32 Å². The summed E-state index contributed by atoms with van der Waals surface area (Å²) in [6, 6.07) is 6.89. The van der Waals surface area contributed by atoms with Gasteiger partial charge in [0.25, 0.3) is 5.91 Å². The molecule has 4 nitrogen and oxygen atoms in total. The number of amides is 1. The summed E-state index contributed by atoms with van der Waals surface area (Å²) in [6.07, 6.45) is 2.60. The Labute approximate surface area is 130 Å². The zero-order valence-electron chi connectivity index (χ0n) is 11.2. The number of furan rings is 1. The maximum atomic E-state index is 13.6. The van der Waals surface area contributed by atoms with Crippen LogP contribution in [-0.4, -0.2) is 15.9 Å². The van der Waals surface area contributed by atoms with Gasteiger partial charge in [-0.05, 0) is 42.6 Å².